The summed E-state index contributed by atoms with van der Waals surface area (Å²) in [5, 5.41) is -0.201. The van der Waals surface area contributed by atoms with Crippen molar-refractivity contribution in [2.75, 3.05) is 0 Å². The van der Waals surface area contributed by atoms with Gasteiger partial charge in [-0.15, -0.1) is 0 Å². The molecule has 0 radical (unpaired) electrons. The van der Waals surface area contributed by atoms with Gasteiger partial charge in [-0.2, -0.15) is 0 Å². The molecule has 0 aromatic carbocycles. The second-order valence-corrected chi connectivity index (χ2v) is 10.9. The van der Waals surface area contributed by atoms with E-state index in [1.54, 1.807) is 0 Å². The average molecular weight is 175 g/mol. The molecule has 0 aliphatic heterocycles. The predicted octanol–water partition coefficient (Wildman–Crippen LogP) is 4.30. The summed E-state index contributed by atoms with van der Waals surface area (Å²) < 4.78 is 23.4. The third-order valence-electron chi connectivity index (χ3n) is 3.00. The fourth-order valence-corrected chi connectivity index (χ4v) is 3.38. The van der Waals surface area contributed by atoms with Gasteiger partial charge in [-0.25, -0.2) is 0 Å². The SMILES string of the molecule is [2H]C([2H])([2H])[Si](C)(C(C)(C)C)C(C)(C)C. The fraction of sp³-hybridized carbons (Fsp3) is 1.00. The first-order valence-corrected chi connectivity index (χ1v) is 6.75. The van der Waals surface area contributed by atoms with Crippen LogP contribution >= 0.6 is 0 Å². The molecule has 0 aliphatic rings. The lowest BCUT2D eigenvalue weighted by molar-refractivity contribution is 0.622. The normalized spacial score (nSPS) is 20.5. The monoisotopic (exact) mass is 175 g/mol. The lowest BCUT2D eigenvalue weighted by Gasteiger charge is -2.47. The Labute approximate surface area is 77.6 Å². The molecule has 0 aromatic rings. The maximum atomic E-state index is 7.79. The van der Waals surface area contributed by atoms with Gasteiger partial charge in [0.15, 0.2) is 0 Å². The van der Waals surface area contributed by atoms with E-state index >= 15 is 0 Å². The van der Waals surface area contributed by atoms with Crippen molar-refractivity contribution in [1.29, 1.82) is 0 Å². The van der Waals surface area contributed by atoms with Crippen molar-refractivity contribution in [2.24, 2.45) is 0 Å². The third kappa shape index (κ3) is 2.08. The Morgan fingerprint density at radius 1 is 0.909 bits per heavy atom. The van der Waals surface area contributed by atoms with Crippen LogP contribution in [0.3, 0.4) is 0 Å². The zero-order chi connectivity index (χ0) is 12.0. The first kappa shape index (κ1) is 6.70. The lowest BCUT2D eigenvalue weighted by atomic mass is 10.2. The van der Waals surface area contributed by atoms with Crippen molar-refractivity contribution in [3.8, 4) is 0 Å². The number of hydrogen-bond donors (Lipinski definition) is 0. The highest BCUT2D eigenvalue weighted by Gasteiger charge is 2.44. The summed E-state index contributed by atoms with van der Waals surface area (Å²) in [6, 6.07) is 0. The van der Waals surface area contributed by atoms with Gasteiger partial charge in [0, 0.05) is 4.11 Å². The van der Waals surface area contributed by atoms with Crippen LogP contribution in [0.4, 0.5) is 0 Å². The standard InChI is InChI=1S/C10H24Si/c1-9(2,3)11(7,8)10(4,5)6/h1-8H3/i7D3. The average Bonchev–Trinajstić information content (AvgIpc) is 1.77. The van der Waals surface area contributed by atoms with Crippen molar-refractivity contribution in [3.05, 3.63) is 0 Å². The van der Waals surface area contributed by atoms with Gasteiger partial charge in [0.05, 0.1) is 8.07 Å². The van der Waals surface area contributed by atoms with Gasteiger partial charge < -0.3 is 0 Å². The van der Waals surface area contributed by atoms with E-state index in [9.17, 15) is 0 Å². The minimum Gasteiger partial charge on any atom is -0.0686 e. The van der Waals surface area contributed by atoms with Crippen LogP contribution in [0.5, 0.6) is 0 Å². The van der Waals surface area contributed by atoms with E-state index in [0.29, 0.717) is 0 Å². The smallest absolute Gasteiger partial charge is 0.0581 e. The molecule has 0 unspecified atom stereocenters. The Morgan fingerprint density at radius 3 is 1.18 bits per heavy atom. The van der Waals surface area contributed by atoms with E-state index in [4.69, 9.17) is 4.11 Å². The molecule has 0 aromatic heterocycles. The van der Waals surface area contributed by atoms with Gasteiger partial charge >= 0.3 is 0 Å². The van der Waals surface area contributed by atoms with Crippen molar-refractivity contribution in [2.45, 2.75) is 64.6 Å². The van der Waals surface area contributed by atoms with Gasteiger partial charge in [-0.05, 0) is 10.1 Å². The Morgan fingerprint density at radius 2 is 1.18 bits per heavy atom. The van der Waals surface area contributed by atoms with Gasteiger partial charge in [-0.3, -0.25) is 0 Å². The summed E-state index contributed by atoms with van der Waals surface area (Å²) in [5.41, 5.74) is 0. The van der Waals surface area contributed by atoms with Crippen molar-refractivity contribution < 1.29 is 4.11 Å². The van der Waals surface area contributed by atoms with Gasteiger partial charge in [0.1, 0.15) is 0 Å². The molecule has 0 heterocycles. The molecule has 0 N–H and O–H groups in total. The highest BCUT2D eigenvalue weighted by atomic mass is 28.3. The number of hydrogen-bond acceptors (Lipinski definition) is 0. The zero-order valence-electron chi connectivity index (χ0n) is 12.0. The maximum absolute atomic E-state index is 7.79. The van der Waals surface area contributed by atoms with E-state index in [1.165, 1.54) is 0 Å². The Kier molecular flexibility index (Phi) is 1.59. The summed E-state index contributed by atoms with van der Waals surface area (Å²) in [4.78, 5) is 0. The van der Waals surface area contributed by atoms with Crippen LogP contribution in [0.15, 0.2) is 0 Å². The van der Waals surface area contributed by atoms with Crippen LogP contribution < -0.4 is 0 Å². The van der Waals surface area contributed by atoms with E-state index in [1.807, 2.05) is 6.55 Å². The molecule has 0 amide bonds. The largest absolute Gasteiger partial charge is 0.0686 e. The van der Waals surface area contributed by atoms with Crippen molar-refractivity contribution >= 4 is 8.07 Å². The molecule has 0 spiro atoms. The molecular weight excluding hydrogens is 148 g/mol. The molecule has 0 atom stereocenters. The Balaban J connectivity index is 5.54. The van der Waals surface area contributed by atoms with Crippen LogP contribution in [0.1, 0.15) is 45.7 Å². The van der Waals surface area contributed by atoms with Crippen LogP contribution in [0.2, 0.25) is 23.1 Å². The molecule has 1 heteroatoms. The van der Waals surface area contributed by atoms with Gasteiger partial charge in [0.25, 0.3) is 0 Å². The second kappa shape index (κ2) is 2.62. The summed E-state index contributed by atoms with van der Waals surface area (Å²) in [6.45, 7) is 12.6. The Hall–Kier alpha value is 0.217. The quantitative estimate of drug-likeness (QED) is 0.482. The minimum atomic E-state index is -2.35. The highest BCUT2D eigenvalue weighted by Crippen LogP contribution is 2.50. The molecule has 68 valence electrons. The topological polar surface area (TPSA) is 0 Å². The maximum Gasteiger partial charge on any atom is 0.0581 e. The Bertz CT molecular complexity index is 169. The number of rotatable bonds is 0. The van der Waals surface area contributed by atoms with E-state index in [0.717, 1.165) is 0 Å². The molecule has 0 nitrogen and oxygen atoms in total. The fourth-order valence-electron chi connectivity index (χ4n) is 1.12. The predicted molar refractivity (Wildman–Crippen MR) is 56.9 cm³/mol. The summed E-state index contributed by atoms with van der Waals surface area (Å²) >= 11 is 0. The van der Waals surface area contributed by atoms with Gasteiger partial charge in [-0.1, -0.05) is 54.6 Å². The highest BCUT2D eigenvalue weighted by molar-refractivity contribution is 6.82. The summed E-state index contributed by atoms with van der Waals surface area (Å²) in [5.74, 6) is 0. The third-order valence-corrected chi connectivity index (χ3v) is 9.00. The molecule has 0 saturated heterocycles. The lowest BCUT2D eigenvalue weighted by Crippen LogP contribution is -2.45. The zero-order valence-corrected chi connectivity index (χ0v) is 10.0. The minimum absolute atomic E-state index is 0.101. The van der Waals surface area contributed by atoms with Crippen molar-refractivity contribution in [1.82, 2.24) is 0 Å². The molecule has 0 saturated carbocycles. The molecule has 0 bridgehead atoms. The van der Waals surface area contributed by atoms with Crippen LogP contribution in [0, 0.1) is 0 Å². The van der Waals surface area contributed by atoms with Crippen molar-refractivity contribution in [3.63, 3.8) is 0 Å². The van der Waals surface area contributed by atoms with E-state index in [-0.39, 0.29) is 10.1 Å². The summed E-state index contributed by atoms with van der Waals surface area (Å²) in [6.07, 6.45) is 0. The first-order valence-electron chi connectivity index (χ1n) is 5.75. The van der Waals surface area contributed by atoms with Gasteiger partial charge in [0.2, 0.25) is 0 Å². The second-order valence-electron chi connectivity index (χ2n) is 5.62. The summed E-state index contributed by atoms with van der Waals surface area (Å²) in [7, 11) is -2.35. The first-order chi connectivity index (χ1) is 5.75. The molecule has 0 aliphatic carbocycles. The van der Waals surface area contributed by atoms with Crippen LogP contribution in [0.25, 0.3) is 0 Å². The van der Waals surface area contributed by atoms with Crippen LogP contribution in [-0.2, 0) is 0 Å². The molecule has 0 fully saturated rings. The molecule has 11 heavy (non-hydrogen) atoms. The van der Waals surface area contributed by atoms with Crippen LogP contribution in [-0.4, -0.2) is 8.07 Å². The van der Waals surface area contributed by atoms with E-state index < -0.39 is 14.5 Å². The van der Waals surface area contributed by atoms with E-state index in [2.05, 4.69) is 41.5 Å². The molecular formula is C10H24Si. The molecule has 0 rings (SSSR count).